The summed E-state index contributed by atoms with van der Waals surface area (Å²) in [4.78, 5) is 13.3. The highest BCUT2D eigenvalue weighted by molar-refractivity contribution is 5.93. The van der Waals surface area contributed by atoms with Crippen LogP contribution in [-0.4, -0.2) is 25.6 Å². The van der Waals surface area contributed by atoms with Crippen LogP contribution in [0.2, 0.25) is 0 Å². The molecule has 1 saturated carbocycles. The van der Waals surface area contributed by atoms with Gasteiger partial charge in [0.05, 0.1) is 11.1 Å². The van der Waals surface area contributed by atoms with Gasteiger partial charge in [0.15, 0.2) is 5.65 Å². The van der Waals surface area contributed by atoms with Crippen molar-refractivity contribution < 1.29 is 0 Å². The van der Waals surface area contributed by atoms with E-state index in [-0.39, 0.29) is 0 Å². The van der Waals surface area contributed by atoms with Gasteiger partial charge in [-0.25, -0.2) is 9.97 Å². The van der Waals surface area contributed by atoms with Crippen LogP contribution in [0.25, 0.3) is 16.7 Å². The van der Waals surface area contributed by atoms with Crippen LogP contribution in [0.15, 0.2) is 30.9 Å². The van der Waals surface area contributed by atoms with Gasteiger partial charge in [0.25, 0.3) is 0 Å². The zero-order chi connectivity index (χ0) is 16.5. The van der Waals surface area contributed by atoms with Crippen molar-refractivity contribution in [3.8, 4) is 5.69 Å². The molecular formula is C19H23N5. The second kappa shape index (κ2) is 6.23. The molecule has 1 N–H and O–H groups in total. The number of fused-ring (bicyclic) bond motifs is 1. The Labute approximate surface area is 142 Å². The molecule has 1 aliphatic carbocycles. The summed E-state index contributed by atoms with van der Waals surface area (Å²) in [5, 5.41) is 4.82. The van der Waals surface area contributed by atoms with Crippen molar-refractivity contribution in [2.24, 2.45) is 0 Å². The predicted octanol–water partition coefficient (Wildman–Crippen LogP) is 4.18. The Morgan fingerprint density at radius 2 is 1.79 bits per heavy atom. The monoisotopic (exact) mass is 321 g/mol. The van der Waals surface area contributed by atoms with Crippen molar-refractivity contribution in [1.82, 2.24) is 19.5 Å². The first-order valence-corrected chi connectivity index (χ1v) is 8.75. The van der Waals surface area contributed by atoms with E-state index in [2.05, 4.69) is 38.7 Å². The molecule has 0 aromatic carbocycles. The van der Waals surface area contributed by atoms with Gasteiger partial charge >= 0.3 is 0 Å². The Balaban J connectivity index is 1.83. The Morgan fingerprint density at radius 1 is 1.04 bits per heavy atom. The largest absolute Gasteiger partial charge is 0.367 e. The van der Waals surface area contributed by atoms with E-state index in [0.29, 0.717) is 6.04 Å². The van der Waals surface area contributed by atoms with Crippen LogP contribution in [-0.2, 0) is 0 Å². The SMILES string of the molecule is Cc1c(C)n(-c2ccncc2)c2ncnc(NC3CCCCC3)c12. The molecule has 5 heteroatoms. The quantitative estimate of drug-likeness (QED) is 0.786. The van der Waals surface area contributed by atoms with E-state index in [0.717, 1.165) is 22.5 Å². The van der Waals surface area contributed by atoms with Gasteiger partial charge in [-0.3, -0.25) is 9.55 Å². The second-order valence-corrected chi connectivity index (χ2v) is 6.65. The first-order chi connectivity index (χ1) is 11.8. The van der Waals surface area contributed by atoms with Crippen molar-refractivity contribution in [1.29, 1.82) is 0 Å². The number of hydrogen-bond acceptors (Lipinski definition) is 4. The highest BCUT2D eigenvalue weighted by Gasteiger charge is 2.20. The topological polar surface area (TPSA) is 55.6 Å². The molecular weight excluding hydrogens is 298 g/mol. The molecule has 0 aliphatic heterocycles. The summed E-state index contributed by atoms with van der Waals surface area (Å²) in [5.41, 5.74) is 4.48. The number of nitrogens with zero attached hydrogens (tertiary/aromatic N) is 4. The first kappa shape index (κ1) is 15.1. The molecule has 3 heterocycles. The van der Waals surface area contributed by atoms with Gasteiger partial charge in [-0.05, 0) is 44.4 Å². The summed E-state index contributed by atoms with van der Waals surface area (Å²) >= 11 is 0. The molecule has 3 aromatic rings. The molecule has 3 aromatic heterocycles. The fourth-order valence-corrected chi connectivity index (χ4v) is 3.76. The normalized spacial score (nSPS) is 15.8. The Hall–Kier alpha value is -2.43. The van der Waals surface area contributed by atoms with Crippen LogP contribution in [0, 0.1) is 13.8 Å². The number of nitrogens with one attached hydrogen (secondary N) is 1. The van der Waals surface area contributed by atoms with Crippen molar-refractivity contribution in [3.05, 3.63) is 42.1 Å². The average Bonchev–Trinajstić information content (AvgIpc) is 2.88. The molecule has 0 amide bonds. The number of hydrogen-bond donors (Lipinski definition) is 1. The summed E-state index contributed by atoms with van der Waals surface area (Å²) in [7, 11) is 0. The average molecular weight is 321 g/mol. The Bertz CT molecular complexity index is 847. The van der Waals surface area contributed by atoms with E-state index in [9.17, 15) is 0 Å². The van der Waals surface area contributed by atoms with Crippen LogP contribution in [0.3, 0.4) is 0 Å². The van der Waals surface area contributed by atoms with Gasteiger partial charge < -0.3 is 5.32 Å². The lowest BCUT2D eigenvalue weighted by Crippen LogP contribution is -2.23. The number of pyridine rings is 1. The van der Waals surface area contributed by atoms with E-state index >= 15 is 0 Å². The van der Waals surface area contributed by atoms with Crippen LogP contribution in [0.1, 0.15) is 43.4 Å². The molecule has 5 nitrogen and oxygen atoms in total. The van der Waals surface area contributed by atoms with Gasteiger partial charge in [-0.15, -0.1) is 0 Å². The summed E-state index contributed by atoms with van der Waals surface area (Å²) in [6.07, 6.45) is 11.7. The van der Waals surface area contributed by atoms with E-state index < -0.39 is 0 Å². The molecule has 0 radical (unpaired) electrons. The maximum atomic E-state index is 4.58. The third kappa shape index (κ3) is 2.54. The Kier molecular flexibility index (Phi) is 3.92. The van der Waals surface area contributed by atoms with Gasteiger partial charge in [0.1, 0.15) is 12.1 Å². The maximum absolute atomic E-state index is 4.58. The molecule has 0 spiro atoms. The molecule has 1 aliphatic rings. The molecule has 0 unspecified atom stereocenters. The highest BCUT2D eigenvalue weighted by Crippen LogP contribution is 2.32. The lowest BCUT2D eigenvalue weighted by Gasteiger charge is -2.23. The van der Waals surface area contributed by atoms with Crippen molar-refractivity contribution in [2.45, 2.75) is 52.0 Å². The second-order valence-electron chi connectivity index (χ2n) is 6.65. The zero-order valence-corrected chi connectivity index (χ0v) is 14.3. The molecule has 24 heavy (non-hydrogen) atoms. The summed E-state index contributed by atoms with van der Waals surface area (Å²) < 4.78 is 2.19. The van der Waals surface area contributed by atoms with Gasteiger partial charge in [0, 0.05) is 24.1 Å². The number of rotatable bonds is 3. The molecule has 1 fully saturated rings. The standard InChI is InChI=1S/C19H23N5/c1-13-14(2)24(16-8-10-20-11-9-16)19-17(13)18(21-12-22-19)23-15-6-4-3-5-7-15/h8-12,15H,3-7H2,1-2H3,(H,21,22,23). The lowest BCUT2D eigenvalue weighted by molar-refractivity contribution is 0.462. The summed E-state index contributed by atoms with van der Waals surface area (Å²) in [6, 6.07) is 4.56. The molecule has 0 bridgehead atoms. The first-order valence-electron chi connectivity index (χ1n) is 8.75. The van der Waals surface area contributed by atoms with Gasteiger partial charge in [-0.1, -0.05) is 19.3 Å². The molecule has 124 valence electrons. The smallest absolute Gasteiger partial charge is 0.150 e. The Morgan fingerprint density at radius 3 is 2.54 bits per heavy atom. The number of aryl methyl sites for hydroxylation is 1. The van der Waals surface area contributed by atoms with E-state index in [1.54, 1.807) is 6.33 Å². The number of anilines is 1. The van der Waals surface area contributed by atoms with Crippen LogP contribution >= 0.6 is 0 Å². The van der Waals surface area contributed by atoms with Crippen LogP contribution < -0.4 is 5.32 Å². The minimum Gasteiger partial charge on any atom is -0.367 e. The fourth-order valence-electron chi connectivity index (χ4n) is 3.76. The highest BCUT2D eigenvalue weighted by atomic mass is 15.1. The zero-order valence-electron chi connectivity index (χ0n) is 14.3. The van der Waals surface area contributed by atoms with E-state index in [1.165, 1.54) is 43.4 Å². The number of aromatic nitrogens is 4. The van der Waals surface area contributed by atoms with Crippen molar-refractivity contribution in [2.75, 3.05) is 5.32 Å². The minimum atomic E-state index is 0.529. The van der Waals surface area contributed by atoms with Gasteiger partial charge in [-0.2, -0.15) is 0 Å². The van der Waals surface area contributed by atoms with Crippen LogP contribution in [0.4, 0.5) is 5.82 Å². The third-order valence-corrected chi connectivity index (χ3v) is 5.16. The van der Waals surface area contributed by atoms with Crippen LogP contribution in [0.5, 0.6) is 0 Å². The van der Waals surface area contributed by atoms with Crippen molar-refractivity contribution >= 4 is 16.9 Å². The summed E-state index contributed by atoms with van der Waals surface area (Å²) in [6.45, 7) is 4.30. The summed E-state index contributed by atoms with van der Waals surface area (Å²) in [5.74, 6) is 0.973. The molecule has 4 rings (SSSR count). The van der Waals surface area contributed by atoms with Crippen molar-refractivity contribution in [3.63, 3.8) is 0 Å². The predicted molar refractivity (Wildman–Crippen MR) is 96.6 cm³/mol. The lowest BCUT2D eigenvalue weighted by atomic mass is 9.95. The molecule has 0 saturated heterocycles. The maximum Gasteiger partial charge on any atom is 0.150 e. The minimum absolute atomic E-state index is 0.529. The third-order valence-electron chi connectivity index (χ3n) is 5.16. The van der Waals surface area contributed by atoms with Gasteiger partial charge in [0.2, 0.25) is 0 Å². The fraction of sp³-hybridized carbons (Fsp3) is 0.421. The van der Waals surface area contributed by atoms with E-state index in [1.807, 2.05) is 24.5 Å². The van der Waals surface area contributed by atoms with E-state index in [4.69, 9.17) is 0 Å². The molecule has 0 atom stereocenters.